The second kappa shape index (κ2) is 5.84. The van der Waals surface area contributed by atoms with Crippen LogP contribution in [0.15, 0.2) is 34.9 Å². The summed E-state index contributed by atoms with van der Waals surface area (Å²) >= 11 is 0. The highest BCUT2D eigenvalue weighted by molar-refractivity contribution is 5.80. The molecule has 1 atom stereocenters. The SMILES string of the molecule is CCCC(O)CNCc1coc2ccccc12. The minimum Gasteiger partial charge on any atom is -0.464 e. The lowest BCUT2D eigenvalue weighted by molar-refractivity contribution is 0.160. The summed E-state index contributed by atoms with van der Waals surface area (Å²) in [5.74, 6) is 0. The van der Waals surface area contributed by atoms with Gasteiger partial charge < -0.3 is 14.8 Å². The van der Waals surface area contributed by atoms with Gasteiger partial charge in [-0.3, -0.25) is 0 Å². The third kappa shape index (κ3) is 3.08. The fourth-order valence-corrected chi connectivity index (χ4v) is 1.98. The summed E-state index contributed by atoms with van der Waals surface area (Å²) < 4.78 is 5.45. The van der Waals surface area contributed by atoms with Gasteiger partial charge in [0, 0.05) is 24.0 Å². The van der Waals surface area contributed by atoms with Crippen molar-refractivity contribution < 1.29 is 9.52 Å². The van der Waals surface area contributed by atoms with Crippen molar-refractivity contribution in [3.63, 3.8) is 0 Å². The first-order valence-corrected chi connectivity index (χ1v) is 6.15. The number of rotatable bonds is 6. The molecule has 0 saturated heterocycles. The minimum absolute atomic E-state index is 0.252. The van der Waals surface area contributed by atoms with E-state index in [1.807, 2.05) is 18.2 Å². The van der Waals surface area contributed by atoms with E-state index in [1.54, 1.807) is 6.26 Å². The Morgan fingerprint density at radius 2 is 2.18 bits per heavy atom. The molecule has 1 aromatic carbocycles. The van der Waals surface area contributed by atoms with Crippen LogP contribution in [-0.2, 0) is 6.54 Å². The Morgan fingerprint density at radius 1 is 1.35 bits per heavy atom. The second-order valence-corrected chi connectivity index (χ2v) is 4.33. The summed E-state index contributed by atoms with van der Waals surface area (Å²) in [5.41, 5.74) is 2.06. The minimum atomic E-state index is -0.252. The zero-order valence-electron chi connectivity index (χ0n) is 10.1. The number of nitrogens with one attached hydrogen (secondary N) is 1. The van der Waals surface area contributed by atoms with Gasteiger partial charge in [0.25, 0.3) is 0 Å². The summed E-state index contributed by atoms with van der Waals surface area (Å²) in [6.07, 6.45) is 3.39. The number of fused-ring (bicyclic) bond motifs is 1. The van der Waals surface area contributed by atoms with Crippen LogP contribution >= 0.6 is 0 Å². The molecule has 92 valence electrons. The Balaban J connectivity index is 1.91. The van der Waals surface area contributed by atoms with E-state index in [4.69, 9.17) is 4.42 Å². The van der Waals surface area contributed by atoms with E-state index in [9.17, 15) is 5.11 Å². The smallest absolute Gasteiger partial charge is 0.134 e. The van der Waals surface area contributed by atoms with Crippen molar-refractivity contribution in [2.45, 2.75) is 32.4 Å². The maximum Gasteiger partial charge on any atom is 0.134 e. The molecule has 1 unspecified atom stereocenters. The molecule has 0 saturated carbocycles. The Hall–Kier alpha value is -1.32. The van der Waals surface area contributed by atoms with Crippen molar-refractivity contribution in [2.24, 2.45) is 0 Å². The van der Waals surface area contributed by atoms with Crippen molar-refractivity contribution in [3.05, 3.63) is 36.1 Å². The normalized spacial score (nSPS) is 13.1. The van der Waals surface area contributed by atoms with Gasteiger partial charge in [0.1, 0.15) is 5.58 Å². The number of furan rings is 1. The molecule has 0 aliphatic rings. The van der Waals surface area contributed by atoms with Gasteiger partial charge in [0.05, 0.1) is 12.4 Å². The Morgan fingerprint density at radius 3 is 3.00 bits per heavy atom. The maximum absolute atomic E-state index is 9.61. The van der Waals surface area contributed by atoms with E-state index in [1.165, 1.54) is 0 Å². The first kappa shape index (κ1) is 12.1. The van der Waals surface area contributed by atoms with Gasteiger partial charge in [0.2, 0.25) is 0 Å². The van der Waals surface area contributed by atoms with Gasteiger partial charge in [0.15, 0.2) is 0 Å². The van der Waals surface area contributed by atoms with E-state index in [0.29, 0.717) is 6.54 Å². The molecule has 0 radical (unpaired) electrons. The van der Waals surface area contributed by atoms with Gasteiger partial charge >= 0.3 is 0 Å². The third-order valence-corrected chi connectivity index (χ3v) is 2.88. The van der Waals surface area contributed by atoms with Crippen LogP contribution in [-0.4, -0.2) is 17.8 Å². The quantitative estimate of drug-likeness (QED) is 0.806. The van der Waals surface area contributed by atoms with Crippen molar-refractivity contribution in [1.82, 2.24) is 5.32 Å². The predicted molar refractivity (Wildman–Crippen MR) is 68.8 cm³/mol. The molecule has 0 aliphatic heterocycles. The first-order chi connectivity index (χ1) is 8.31. The number of hydrogen-bond donors (Lipinski definition) is 2. The molecule has 0 amide bonds. The molecule has 3 nitrogen and oxygen atoms in total. The molecule has 0 fully saturated rings. The largest absolute Gasteiger partial charge is 0.464 e. The summed E-state index contributed by atoms with van der Waals surface area (Å²) in [6, 6.07) is 7.99. The van der Waals surface area contributed by atoms with Crippen LogP contribution in [0.3, 0.4) is 0 Å². The van der Waals surface area contributed by atoms with Crippen LogP contribution in [0, 0.1) is 0 Å². The zero-order chi connectivity index (χ0) is 12.1. The molecule has 1 heterocycles. The maximum atomic E-state index is 9.61. The average Bonchev–Trinajstić information content (AvgIpc) is 2.73. The number of para-hydroxylation sites is 1. The standard InChI is InChI=1S/C14H19NO2/c1-2-5-12(16)9-15-8-11-10-17-14-7-4-3-6-13(11)14/h3-4,6-7,10,12,15-16H,2,5,8-9H2,1H3. The van der Waals surface area contributed by atoms with Crippen molar-refractivity contribution in [2.75, 3.05) is 6.54 Å². The highest BCUT2D eigenvalue weighted by Crippen LogP contribution is 2.20. The Bertz CT molecular complexity index is 464. The lowest BCUT2D eigenvalue weighted by atomic mass is 10.1. The molecule has 3 heteroatoms. The van der Waals surface area contributed by atoms with Crippen LogP contribution < -0.4 is 5.32 Å². The summed E-state index contributed by atoms with van der Waals surface area (Å²) in [7, 11) is 0. The average molecular weight is 233 g/mol. The van der Waals surface area contributed by atoms with E-state index in [-0.39, 0.29) is 6.10 Å². The molecular weight excluding hydrogens is 214 g/mol. The highest BCUT2D eigenvalue weighted by atomic mass is 16.3. The monoisotopic (exact) mass is 233 g/mol. The van der Waals surface area contributed by atoms with Gasteiger partial charge in [-0.05, 0) is 12.5 Å². The zero-order valence-corrected chi connectivity index (χ0v) is 10.1. The molecule has 2 N–H and O–H groups in total. The molecule has 0 aliphatic carbocycles. The van der Waals surface area contributed by atoms with Crippen molar-refractivity contribution in [3.8, 4) is 0 Å². The molecule has 1 aromatic heterocycles. The second-order valence-electron chi connectivity index (χ2n) is 4.33. The van der Waals surface area contributed by atoms with Crippen LogP contribution in [0.5, 0.6) is 0 Å². The van der Waals surface area contributed by atoms with Crippen LogP contribution in [0.2, 0.25) is 0 Å². The topological polar surface area (TPSA) is 45.4 Å². The predicted octanol–water partition coefficient (Wildman–Crippen LogP) is 2.68. The van der Waals surface area contributed by atoms with Gasteiger partial charge in [-0.2, -0.15) is 0 Å². The highest BCUT2D eigenvalue weighted by Gasteiger charge is 2.06. The number of benzene rings is 1. The van der Waals surface area contributed by atoms with E-state index in [2.05, 4.69) is 18.3 Å². The molecular formula is C14H19NO2. The Kier molecular flexibility index (Phi) is 4.18. The molecule has 2 aromatic rings. The van der Waals surface area contributed by atoms with Crippen LogP contribution in [0.25, 0.3) is 11.0 Å². The lowest BCUT2D eigenvalue weighted by Gasteiger charge is -2.09. The van der Waals surface area contributed by atoms with E-state index >= 15 is 0 Å². The number of aliphatic hydroxyl groups is 1. The fourth-order valence-electron chi connectivity index (χ4n) is 1.98. The summed E-state index contributed by atoms with van der Waals surface area (Å²) in [4.78, 5) is 0. The lowest BCUT2D eigenvalue weighted by Crippen LogP contribution is -2.26. The van der Waals surface area contributed by atoms with E-state index in [0.717, 1.165) is 35.9 Å². The molecule has 17 heavy (non-hydrogen) atoms. The molecule has 0 bridgehead atoms. The van der Waals surface area contributed by atoms with Crippen LogP contribution in [0.1, 0.15) is 25.3 Å². The molecule has 2 rings (SSSR count). The van der Waals surface area contributed by atoms with Crippen LogP contribution in [0.4, 0.5) is 0 Å². The summed E-state index contributed by atoms with van der Waals surface area (Å²) in [5, 5.41) is 14.0. The van der Waals surface area contributed by atoms with Gasteiger partial charge in [-0.25, -0.2) is 0 Å². The Labute approximate surface area is 101 Å². The first-order valence-electron chi connectivity index (χ1n) is 6.15. The number of aliphatic hydroxyl groups excluding tert-OH is 1. The van der Waals surface area contributed by atoms with Gasteiger partial charge in [-0.1, -0.05) is 31.5 Å². The summed E-state index contributed by atoms with van der Waals surface area (Å²) in [6.45, 7) is 3.44. The van der Waals surface area contributed by atoms with Crippen molar-refractivity contribution in [1.29, 1.82) is 0 Å². The third-order valence-electron chi connectivity index (χ3n) is 2.88. The fraction of sp³-hybridized carbons (Fsp3) is 0.429. The van der Waals surface area contributed by atoms with E-state index < -0.39 is 0 Å². The molecule has 0 spiro atoms. The van der Waals surface area contributed by atoms with Gasteiger partial charge in [-0.15, -0.1) is 0 Å². The number of hydrogen-bond acceptors (Lipinski definition) is 3. The van der Waals surface area contributed by atoms with Crippen molar-refractivity contribution >= 4 is 11.0 Å².